The first-order valence-corrected chi connectivity index (χ1v) is 7.33. The Balaban J connectivity index is 2.33. The molecule has 0 aromatic heterocycles. The van der Waals surface area contributed by atoms with Gasteiger partial charge in [-0.25, -0.2) is 4.39 Å². The van der Waals surface area contributed by atoms with Crippen molar-refractivity contribution in [3.8, 4) is 6.07 Å². The molecule has 2 rings (SSSR count). The van der Waals surface area contributed by atoms with Gasteiger partial charge < -0.3 is 10.2 Å². The van der Waals surface area contributed by atoms with Gasteiger partial charge in [0.2, 0.25) is 0 Å². The predicted molar refractivity (Wildman–Crippen MR) is 77.7 cm³/mol. The van der Waals surface area contributed by atoms with Crippen molar-refractivity contribution < 1.29 is 4.39 Å². The van der Waals surface area contributed by atoms with Crippen LogP contribution in [0.15, 0.2) is 16.6 Å². The van der Waals surface area contributed by atoms with E-state index in [0.29, 0.717) is 17.3 Å². The predicted octanol–water partition coefficient (Wildman–Crippen LogP) is 3.04. The monoisotopic (exact) mass is 325 g/mol. The summed E-state index contributed by atoms with van der Waals surface area (Å²) in [6, 6.07) is 5.67. The molecule has 19 heavy (non-hydrogen) atoms. The molecule has 5 heteroatoms. The van der Waals surface area contributed by atoms with Crippen molar-refractivity contribution in [2.24, 2.45) is 0 Å². The van der Waals surface area contributed by atoms with Crippen LogP contribution in [0.5, 0.6) is 0 Å². The third-order valence-corrected chi connectivity index (χ3v) is 4.32. The third-order valence-electron chi connectivity index (χ3n) is 3.54. The topological polar surface area (TPSA) is 39.1 Å². The Labute approximate surface area is 121 Å². The molecule has 1 aromatic carbocycles. The van der Waals surface area contributed by atoms with Crippen molar-refractivity contribution in [3.05, 3.63) is 28.0 Å². The highest BCUT2D eigenvalue weighted by molar-refractivity contribution is 9.10. The summed E-state index contributed by atoms with van der Waals surface area (Å²) in [4.78, 5) is 2.08. The summed E-state index contributed by atoms with van der Waals surface area (Å²) in [6.07, 6.45) is 2.18. The second kappa shape index (κ2) is 6.36. The molecule has 1 heterocycles. The van der Waals surface area contributed by atoms with Crippen molar-refractivity contribution in [1.29, 1.82) is 5.26 Å². The van der Waals surface area contributed by atoms with Crippen molar-refractivity contribution in [3.63, 3.8) is 0 Å². The summed E-state index contributed by atoms with van der Waals surface area (Å²) < 4.78 is 14.6. The number of nitrogens with zero attached hydrogens (tertiary/aromatic N) is 2. The second-order valence-electron chi connectivity index (χ2n) is 4.66. The van der Waals surface area contributed by atoms with E-state index in [2.05, 4.69) is 26.1 Å². The van der Waals surface area contributed by atoms with E-state index in [9.17, 15) is 4.39 Å². The Bertz CT molecular complexity index is 492. The number of piperidine rings is 1. The molecule has 0 radical (unpaired) electrons. The van der Waals surface area contributed by atoms with Gasteiger partial charge in [-0.15, -0.1) is 0 Å². The normalized spacial score (nSPS) is 18.9. The van der Waals surface area contributed by atoms with Crippen LogP contribution in [0.2, 0.25) is 0 Å². The molecule has 1 N–H and O–H groups in total. The second-order valence-corrected chi connectivity index (χ2v) is 5.45. The maximum Gasteiger partial charge on any atom is 0.161 e. The lowest BCUT2D eigenvalue weighted by molar-refractivity contribution is 0.431. The molecule has 3 nitrogen and oxygen atoms in total. The maximum atomic E-state index is 14.4. The molecular weight excluding hydrogens is 309 g/mol. The first kappa shape index (κ1) is 14.3. The lowest BCUT2D eigenvalue weighted by Crippen LogP contribution is -2.46. The van der Waals surface area contributed by atoms with Crippen LogP contribution in [0.3, 0.4) is 0 Å². The summed E-state index contributed by atoms with van der Waals surface area (Å²) in [5.74, 6) is -0.341. The molecule has 1 saturated heterocycles. The fraction of sp³-hybridized carbons (Fsp3) is 0.500. The van der Waals surface area contributed by atoms with Crippen LogP contribution in [0, 0.1) is 17.1 Å². The average Bonchev–Trinajstić information content (AvgIpc) is 2.45. The lowest BCUT2D eigenvalue weighted by Gasteiger charge is -2.36. The largest absolute Gasteiger partial charge is 0.365 e. The van der Waals surface area contributed by atoms with E-state index in [1.165, 1.54) is 0 Å². The van der Waals surface area contributed by atoms with Crippen molar-refractivity contribution in [2.75, 3.05) is 24.5 Å². The van der Waals surface area contributed by atoms with E-state index in [4.69, 9.17) is 5.26 Å². The number of likely N-dealkylation sites (N-methyl/N-ethyl adjacent to an activating group) is 1. The summed E-state index contributed by atoms with van der Waals surface area (Å²) in [7, 11) is 0. The summed E-state index contributed by atoms with van der Waals surface area (Å²) >= 11 is 3.17. The number of benzene rings is 1. The average molecular weight is 326 g/mol. The standard InChI is InChI=1S/C14H17BrFN3/c1-2-19(11-4-3-7-18-9-11)12-6-5-10(8-17)13(15)14(12)16/h5-6,11,18H,2-4,7,9H2,1H3. The van der Waals surface area contributed by atoms with E-state index < -0.39 is 0 Å². The number of rotatable bonds is 3. The Kier molecular flexibility index (Phi) is 4.78. The van der Waals surface area contributed by atoms with Crippen molar-refractivity contribution in [1.82, 2.24) is 5.32 Å². The number of halogens is 2. The number of anilines is 1. The lowest BCUT2D eigenvalue weighted by atomic mass is 10.0. The molecule has 1 atom stereocenters. The number of hydrogen-bond donors (Lipinski definition) is 1. The minimum absolute atomic E-state index is 0.259. The molecule has 1 aliphatic rings. The zero-order chi connectivity index (χ0) is 13.8. The van der Waals surface area contributed by atoms with Crippen LogP contribution in [0.1, 0.15) is 25.3 Å². The van der Waals surface area contributed by atoms with E-state index in [1.807, 2.05) is 13.0 Å². The van der Waals surface area contributed by atoms with Gasteiger partial charge in [-0.1, -0.05) is 0 Å². The molecule has 1 fully saturated rings. The van der Waals surface area contributed by atoms with Crippen LogP contribution in [-0.4, -0.2) is 25.7 Å². The van der Waals surface area contributed by atoms with Gasteiger partial charge in [0.15, 0.2) is 5.82 Å². The van der Waals surface area contributed by atoms with Crippen LogP contribution in [0.25, 0.3) is 0 Å². The van der Waals surface area contributed by atoms with Gasteiger partial charge in [-0.3, -0.25) is 0 Å². The van der Waals surface area contributed by atoms with Gasteiger partial charge in [0.25, 0.3) is 0 Å². The highest BCUT2D eigenvalue weighted by Crippen LogP contribution is 2.31. The van der Waals surface area contributed by atoms with Gasteiger partial charge in [-0.2, -0.15) is 5.26 Å². The Morgan fingerprint density at radius 2 is 2.37 bits per heavy atom. The van der Waals surface area contributed by atoms with E-state index in [1.54, 1.807) is 12.1 Å². The molecular formula is C14H17BrFN3. The van der Waals surface area contributed by atoms with E-state index >= 15 is 0 Å². The quantitative estimate of drug-likeness (QED) is 0.928. The minimum atomic E-state index is -0.341. The Morgan fingerprint density at radius 3 is 2.95 bits per heavy atom. The highest BCUT2D eigenvalue weighted by Gasteiger charge is 2.23. The molecule has 0 amide bonds. The van der Waals surface area contributed by atoms with E-state index in [-0.39, 0.29) is 10.3 Å². The summed E-state index contributed by atoms with van der Waals surface area (Å²) in [6.45, 7) is 4.69. The molecule has 0 bridgehead atoms. The van der Waals surface area contributed by atoms with Gasteiger partial charge in [0.05, 0.1) is 15.7 Å². The molecule has 1 aliphatic heterocycles. The number of nitrogens with one attached hydrogen (secondary N) is 1. The fourth-order valence-corrected chi connectivity index (χ4v) is 3.00. The number of hydrogen-bond acceptors (Lipinski definition) is 3. The van der Waals surface area contributed by atoms with Crippen molar-refractivity contribution >= 4 is 21.6 Å². The van der Waals surface area contributed by atoms with E-state index in [0.717, 1.165) is 32.5 Å². The van der Waals surface area contributed by atoms with Crippen LogP contribution in [-0.2, 0) is 0 Å². The smallest absolute Gasteiger partial charge is 0.161 e. The molecule has 0 saturated carbocycles. The Morgan fingerprint density at radius 1 is 1.58 bits per heavy atom. The SMILES string of the molecule is CCN(c1ccc(C#N)c(Br)c1F)C1CCCNC1. The maximum absolute atomic E-state index is 14.4. The molecule has 0 spiro atoms. The molecule has 1 unspecified atom stereocenters. The third kappa shape index (κ3) is 2.90. The first-order valence-electron chi connectivity index (χ1n) is 6.54. The molecule has 0 aliphatic carbocycles. The number of nitriles is 1. The van der Waals surface area contributed by atoms with Gasteiger partial charge in [-0.05, 0) is 54.4 Å². The van der Waals surface area contributed by atoms with Crippen molar-refractivity contribution in [2.45, 2.75) is 25.8 Å². The van der Waals surface area contributed by atoms with Crippen LogP contribution in [0.4, 0.5) is 10.1 Å². The summed E-state index contributed by atoms with van der Waals surface area (Å²) in [5.41, 5.74) is 0.904. The van der Waals surface area contributed by atoms with Gasteiger partial charge >= 0.3 is 0 Å². The Hall–Kier alpha value is -1.12. The highest BCUT2D eigenvalue weighted by atomic mass is 79.9. The van der Waals surface area contributed by atoms with Gasteiger partial charge in [0, 0.05) is 19.1 Å². The zero-order valence-corrected chi connectivity index (χ0v) is 12.5. The van der Waals surface area contributed by atoms with Gasteiger partial charge in [0.1, 0.15) is 6.07 Å². The van der Waals surface area contributed by atoms with Crippen LogP contribution < -0.4 is 10.2 Å². The molecule has 1 aromatic rings. The van der Waals surface area contributed by atoms with Crippen LogP contribution >= 0.6 is 15.9 Å². The minimum Gasteiger partial charge on any atom is -0.365 e. The molecule has 102 valence electrons. The first-order chi connectivity index (χ1) is 9.19. The summed E-state index contributed by atoms with van der Waals surface area (Å²) in [5, 5.41) is 12.3. The zero-order valence-electron chi connectivity index (χ0n) is 10.9. The fourth-order valence-electron chi connectivity index (χ4n) is 2.57.